The minimum absolute atomic E-state index is 0.675. The lowest BCUT2D eigenvalue weighted by Crippen LogP contribution is -2.24. The van der Waals surface area contributed by atoms with Crippen molar-refractivity contribution in [1.29, 1.82) is 0 Å². The number of nitrogens with one attached hydrogen (secondary N) is 1. The van der Waals surface area contributed by atoms with Crippen molar-refractivity contribution in [2.75, 3.05) is 13.2 Å². The van der Waals surface area contributed by atoms with Gasteiger partial charge in [-0.15, -0.1) is 0 Å². The molecule has 0 aliphatic carbocycles. The summed E-state index contributed by atoms with van der Waals surface area (Å²) in [6, 6.07) is 18.4. The third kappa shape index (κ3) is 3.58. The van der Waals surface area contributed by atoms with E-state index in [-0.39, 0.29) is 0 Å². The van der Waals surface area contributed by atoms with Crippen LogP contribution in [0.1, 0.15) is 6.42 Å². The molecule has 3 nitrogen and oxygen atoms in total. The van der Waals surface area contributed by atoms with Crippen LogP contribution >= 0.6 is 0 Å². The molecule has 0 unspecified atom stereocenters. The summed E-state index contributed by atoms with van der Waals surface area (Å²) in [5.74, 6) is 6.08. The molecule has 18 heavy (non-hydrogen) atoms. The summed E-state index contributed by atoms with van der Waals surface area (Å²) in [6.45, 7) is 1.44. The zero-order chi connectivity index (χ0) is 12.6. The van der Waals surface area contributed by atoms with Gasteiger partial charge in [-0.05, 0) is 29.7 Å². The molecule has 94 valence electrons. The van der Waals surface area contributed by atoms with Crippen LogP contribution in [0.3, 0.4) is 0 Å². The van der Waals surface area contributed by atoms with Crippen molar-refractivity contribution in [2.45, 2.75) is 6.42 Å². The molecule has 0 spiro atoms. The summed E-state index contributed by atoms with van der Waals surface area (Å²) in [5, 5.41) is 0. The molecule has 0 saturated heterocycles. The first-order valence-corrected chi connectivity index (χ1v) is 6.12. The molecule has 0 aliphatic heterocycles. The number of hydrogen-bond donors (Lipinski definition) is 2. The Morgan fingerprint density at radius 2 is 1.56 bits per heavy atom. The van der Waals surface area contributed by atoms with Gasteiger partial charge in [0.2, 0.25) is 0 Å². The second kappa shape index (κ2) is 6.79. The molecule has 0 radical (unpaired) electrons. The molecular weight excluding hydrogens is 224 g/mol. The fourth-order valence-electron chi connectivity index (χ4n) is 1.74. The van der Waals surface area contributed by atoms with Gasteiger partial charge in [-0.25, -0.2) is 0 Å². The topological polar surface area (TPSA) is 47.3 Å². The third-order valence-electron chi connectivity index (χ3n) is 2.70. The zero-order valence-corrected chi connectivity index (χ0v) is 10.3. The molecule has 0 atom stereocenters. The first-order valence-electron chi connectivity index (χ1n) is 6.12. The molecule has 3 N–H and O–H groups in total. The Hall–Kier alpha value is -1.84. The Kier molecular flexibility index (Phi) is 4.76. The van der Waals surface area contributed by atoms with Crippen LogP contribution in [-0.4, -0.2) is 13.2 Å². The minimum atomic E-state index is 0.675. The van der Waals surface area contributed by atoms with E-state index in [0.29, 0.717) is 6.61 Å². The molecule has 2 aromatic carbocycles. The summed E-state index contributed by atoms with van der Waals surface area (Å²) < 4.78 is 5.60. The molecule has 0 amide bonds. The van der Waals surface area contributed by atoms with Gasteiger partial charge in [-0.1, -0.05) is 42.5 Å². The zero-order valence-electron chi connectivity index (χ0n) is 10.3. The van der Waals surface area contributed by atoms with Gasteiger partial charge in [-0.2, -0.15) is 0 Å². The van der Waals surface area contributed by atoms with Crippen molar-refractivity contribution < 1.29 is 4.74 Å². The quantitative estimate of drug-likeness (QED) is 0.465. The highest BCUT2D eigenvalue weighted by Crippen LogP contribution is 2.21. The minimum Gasteiger partial charge on any atom is -0.494 e. The summed E-state index contributed by atoms with van der Waals surface area (Å²) in [5.41, 5.74) is 5.02. The van der Waals surface area contributed by atoms with Crippen molar-refractivity contribution in [3.05, 3.63) is 54.6 Å². The van der Waals surface area contributed by atoms with Crippen LogP contribution in [-0.2, 0) is 0 Å². The molecule has 0 bridgehead atoms. The lowest BCUT2D eigenvalue weighted by Gasteiger charge is -2.07. The first kappa shape index (κ1) is 12.6. The van der Waals surface area contributed by atoms with Crippen LogP contribution in [0.2, 0.25) is 0 Å². The van der Waals surface area contributed by atoms with E-state index in [9.17, 15) is 0 Å². The third-order valence-corrected chi connectivity index (χ3v) is 2.70. The van der Waals surface area contributed by atoms with E-state index in [4.69, 9.17) is 10.6 Å². The van der Waals surface area contributed by atoms with Crippen LogP contribution in [0.5, 0.6) is 5.75 Å². The van der Waals surface area contributed by atoms with Crippen molar-refractivity contribution >= 4 is 0 Å². The average molecular weight is 242 g/mol. The SMILES string of the molecule is NNCCCOc1ccc(-c2ccccc2)cc1. The highest BCUT2D eigenvalue weighted by molar-refractivity contribution is 5.63. The van der Waals surface area contributed by atoms with Gasteiger partial charge in [0.15, 0.2) is 0 Å². The van der Waals surface area contributed by atoms with Crippen LogP contribution in [0.25, 0.3) is 11.1 Å². The van der Waals surface area contributed by atoms with Crippen LogP contribution in [0.4, 0.5) is 0 Å². The summed E-state index contributed by atoms with van der Waals surface area (Å²) >= 11 is 0. The fourth-order valence-corrected chi connectivity index (χ4v) is 1.74. The van der Waals surface area contributed by atoms with Crippen molar-refractivity contribution in [3.63, 3.8) is 0 Å². The molecule has 0 saturated carbocycles. The number of ether oxygens (including phenoxy) is 1. The van der Waals surface area contributed by atoms with Crippen LogP contribution in [0.15, 0.2) is 54.6 Å². The Morgan fingerprint density at radius 1 is 0.889 bits per heavy atom. The molecule has 0 fully saturated rings. The predicted molar refractivity (Wildman–Crippen MR) is 74.2 cm³/mol. The van der Waals surface area contributed by atoms with Gasteiger partial charge >= 0.3 is 0 Å². The molecule has 0 aromatic heterocycles. The van der Waals surface area contributed by atoms with Crippen molar-refractivity contribution in [2.24, 2.45) is 5.84 Å². The Balaban J connectivity index is 1.94. The maximum atomic E-state index is 5.60. The molecule has 3 heteroatoms. The fraction of sp³-hybridized carbons (Fsp3) is 0.200. The van der Waals surface area contributed by atoms with Gasteiger partial charge in [0.05, 0.1) is 6.61 Å². The van der Waals surface area contributed by atoms with E-state index in [2.05, 4.69) is 29.7 Å². The second-order valence-corrected chi connectivity index (χ2v) is 4.05. The molecule has 0 aliphatic rings. The number of rotatable bonds is 6. The molecular formula is C15H18N2O. The monoisotopic (exact) mass is 242 g/mol. The van der Waals surface area contributed by atoms with E-state index in [1.54, 1.807) is 0 Å². The van der Waals surface area contributed by atoms with Gasteiger partial charge in [0.25, 0.3) is 0 Å². The number of benzene rings is 2. The smallest absolute Gasteiger partial charge is 0.119 e. The van der Waals surface area contributed by atoms with Gasteiger partial charge in [0, 0.05) is 6.54 Å². The van der Waals surface area contributed by atoms with E-state index in [1.165, 1.54) is 11.1 Å². The van der Waals surface area contributed by atoms with Crippen LogP contribution in [0, 0.1) is 0 Å². The van der Waals surface area contributed by atoms with E-state index >= 15 is 0 Å². The Bertz CT molecular complexity index is 454. The highest BCUT2D eigenvalue weighted by atomic mass is 16.5. The van der Waals surface area contributed by atoms with Crippen molar-refractivity contribution in [3.8, 4) is 16.9 Å². The normalized spacial score (nSPS) is 10.3. The van der Waals surface area contributed by atoms with Gasteiger partial charge in [0.1, 0.15) is 5.75 Å². The van der Waals surface area contributed by atoms with E-state index < -0.39 is 0 Å². The number of hydrazine groups is 1. The lowest BCUT2D eigenvalue weighted by atomic mass is 10.1. The molecule has 2 aromatic rings. The first-order chi connectivity index (χ1) is 8.90. The standard InChI is InChI=1S/C15H18N2O/c16-17-11-4-12-18-15-9-7-14(8-10-15)13-5-2-1-3-6-13/h1-3,5-10,17H,4,11-12,16H2. The average Bonchev–Trinajstić information content (AvgIpc) is 2.45. The summed E-state index contributed by atoms with van der Waals surface area (Å²) in [7, 11) is 0. The number of nitrogens with two attached hydrogens (primary N) is 1. The Labute approximate surface area is 108 Å². The molecule has 0 heterocycles. The van der Waals surface area contributed by atoms with Gasteiger partial charge < -0.3 is 4.74 Å². The van der Waals surface area contributed by atoms with Crippen molar-refractivity contribution in [1.82, 2.24) is 5.43 Å². The highest BCUT2D eigenvalue weighted by Gasteiger charge is 1.97. The maximum Gasteiger partial charge on any atom is 0.119 e. The van der Waals surface area contributed by atoms with Gasteiger partial charge in [-0.3, -0.25) is 11.3 Å². The van der Waals surface area contributed by atoms with E-state index in [1.807, 2.05) is 30.3 Å². The van der Waals surface area contributed by atoms with E-state index in [0.717, 1.165) is 18.7 Å². The summed E-state index contributed by atoms with van der Waals surface area (Å²) in [6.07, 6.45) is 0.900. The van der Waals surface area contributed by atoms with Crippen LogP contribution < -0.4 is 16.0 Å². The molecule has 2 rings (SSSR count). The number of hydrogen-bond acceptors (Lipinski definition) is 3. The maximum absolute atomic E-state index is 5.60. The summed E-state index contributed by atoms with van der Waals surface area (Å²) in [4.78, 5) is 0. The lowest BCUT2D eigenvalue weighted by molar-refractivity contribution is 0.308. The largest absolute Gasteiger partial charge is 0.494 e. The predicted octanol–water partition coefficient (Wildman–Crippen LogP) is 2.59. The second-order valence-electron chi connectivity index (χ2n) is 4.05. The Morgan fingerprint density at radius 3 is 2.22 bits per heavy atom.